The Hall–Kier alpha value is -1.98. The van der Waals surface area contributed by atoms with E-state index in [1.807, 2.05) is 0 Å². The summed E-state index contributed by atoms with van der Waals surface area (Å²) < 4.78 is 0. The molecule has 1 unspecified atom stereocenters. The molecular weight excluding hydrogens is 314 g/mol. The summed E-state index contributed by atoms with van der Waals surface area (Å²) in [7, 11) is 0. The molecule has 1 aromatic rings. The summed E-state index contributed by atoms with van der Waals surface area (Å²) in [5.41, 5.74) is 10.2. The van der Waals surface area contributed by atoms with Crippen molar-refractivity contribution in [3.63, 3.8) is 0 Å². The maximum absolute atomic E-state index is 4.22. The molecular formula is C25H35N. The van der Waals surface area contributed by atoms with Gasteiger partial charge >= 0.3 is 0 Å². The number of hydrogen-bond donors (Lipinski definition) is 1. The number of rotatable bonds is 8. The molecule has 1 fully saturated rings. The van der Waals surface area contributed by atoms with Gasteiger partial charge in [-0.1, -0.05) is 69.4 Å². The second-order valence-corrected chi connectivity index (χ2v) is 7.81. The van der Waals surface area contributed by atoms with E-state index in [0.717, 1.165) is 31.7 Å². The second-order valence-electron chi connectivity index (χ2n) is 7.81. The Kier molecular flexibility index (Phi) is 8.01. The minimum atomic E-state index is 0.567. The van der Waals surface area contributed by atoms with Crippen LogP contribution in [0.25, 0.3) is 0 Å². The third-order valence-corrected chi connectivity index (χ3v) is 5.39. The van der Waals surface area contributed by atoms with E-state index in [0.29, 0.717) is 5.92 Å². The van der Waals surface area contributed by atoms with Gasteiger partial charge in [0.1, 0.15) is 0 Å². The summed E-state index contributed by atoms with van der Waals surface area (Å²) in [5.74, 6) is 1.29. The fourth-order valence-corrected chi connectivity index (χ4v) is 4.04. The van der Waals surface area contributed by atoms with Crippen molar-refractivity contribution in [2.75, 3.05) is 0 Å². The lowest BCUT2D eigenvalue weighted by Crippen LogP contribution is -2.13. The molecule has 2 rings (SSSR count). The van der Waals surface area contributed by atoms with Crippen LogP contribution in [0.15, 0.2) is 60.5 Å². The third kappa shape index (κ3) is 5.78. The highest BCUT2D eigenvalue weighted by atomic mass is 14.8. The number of nitrogens with one attached hydrogen (secondary N) is 1. The van der Waals surface area contributed by atoms with E-state index in [9.17, 15) is 0 Å². The van der Waals surface area contributed by atoms with E-state index in [2.05, 4.69) is 69.3 Å². The molecule has 1 heteroatoms. The van der Waals surface area contributed by atoms with Crippen LogP contribution in [0.3, 0.4) is 0 Å². The fourth-order valence-electron chi connectivity index (χ4n) is 4.04. The molecule has 0 radical (unpaired) electrons. The molecule has 26 heavy (non-hydrogen) atoms. The van der Waals surface area contributed by atoms with Crippen molar-refractivity contribution in [3.05, 3.63) is 77.2 Å². The van der Waals surface area contributed by atoms with E-state index in [1.165, 1.54) is 41.5 Å². The van der Waals surface area contributed by atoms with Gasteiger partial charge in [-0.25, -0.2) is 0 Å². The molecule has 1 N–H and O–H groups in total. The van der Waals surface area contributed by atoms with Crippen LogP contribution in [-0.2, 0) is 13.0 Å². The minimum absolute atomic E-state index is 0.567. The summed E-state index contributed by atoms with van der Waals surface area (Å²) in [5, 5.41) is 3.24. The van der Waals surface area contributed by atoms with E-state index >= 15 is 0 Å². The Morgan fingerprint density at radius 1 is 1.35 bits per heavy atom. The minimum Gasteiger partial charge on any atom is -0.381 e. The zero-order chi connectivity index (χ0) is 18.9. The summed E-state index contributed by atoms with van der Waals surface area (Å²) >= 11 is 0. The number of allylic oxidation sites excluding steroid dienone is 3. The number of hydrogen-bond acceptors (Lipinski definition) is 1. The topological polar surface area (TPSA) is 12.0 Å². The molecule has 1 aromatic carbocycles. The van der Waals surface area contributed by atoms with Crippen LogP contribution in [0.5, 0.6) is 0 Å². The first-order valence-corrected chi connectivity index (χ1v) is 10.1. The molecule has 0 heterocycles. The first-order chi connectivity index (χ1) is 12.5. The molecule has 0 amide bonds. The van der Waals surface area contributed by atoms with Gasteiger partial charge in [0.05, 0.1) is 0 Å². The predicted octanol–water partition coefficient (Wildman–Crippen LogP) is 6.82. The van der Waals surface area contributed by atoms with Gasteiger partial charge in [-0.15, -0.1) is 5.73 Å². The van der Waals surface area contributed by atoms with Crippen LogP contribution in [0.2, 0.25) is 0 Å². The van der Waals surface area contributed by atoms with Crippen molar-refractivity contribution in [1.82, 2.24) is 5.32 Å². The normalized spacial score (nSPS) is 18.8. The molecule has 0 bridgehead atoms. The maximum atomic E-state index is 4.22. The van der Waals surface area contributed by atoms with E-state index in [4.69, 9.17) is 0 Å². The van der Waals surface area contributed by atoms with Crippen LogP contribution < -0.4 is 5.32 Å². The fraction of sp³-hybridized carbons (Fsp3) is 0.480. The highest BCUT2D eigenvalue weighted by molar-refractivity contribution is 5.35. The predicted molar refractivity (Wildman–Crippen MR) is 114 cm³/mol. The lowest BCUT2D eigenvalue weighted by Gasteiger charge is -2.28. The monoisotopic (exact) mass is 349 g/mol. The van der Waals surface area contributed by atoms with Crippen molar-refractivity contribution in [2.24, 2.45) is 5.92 Å². The van der Waals surface area contributed by atoms with Crippen molar-refractivity contribution < 1.29 is 0 Å². The van der Waals surface area contributed by atoms with Crippen LogP contribution in [0, 0.1) is 5.92 Å². The molecule has 140 valence electrons. The number of benzene rings is 1. The van der Waals surface area contributed by atoms with Crippen LogP contribution in [-0.4, -0.2) is 0 Å². The Labute approximate surface area is 160 Å². The van der Waals surface area contributed by atoms with Crippen molar-refractivity contribution in [3.8, 4) is 0 Å². The lowest BCUT2D eigenvalue weighted by molar-refractivity contribution is 0.473. The Morgan fingerprint density at radius 3 is 2.85 bits per heavy atom. The highest BCUT2D eigenvalue weighted by Gasteiger charge is 2.21. The van der Waals surface area contributed by atoms with Crippen molar-refractivity contribution in [2.45, 2.75) is 71.8 Å². The highest BCUT2D eigenvalue weighted by Crippen LogP contribution is 2.36. The quantitative estimate of drug-likeness (QED) is 0.401. The molecule has 1 nitrogen and oxygen atoms in total. The van der Waals surface area contributed by atoms with Crippen molar-refractivity contribution >= 4 is 0 Å². The van der Waals surface area contributed by atoms with Gasteiger partial charge in [-0.05, 0) is 67.1 Å². The second kappa shape index (κ2) is 10.2. The Morgan fingerprint density at radius 2 is 2.15 bits per heavy atom. The third-order valence-electron chi connectivity index (χ3n) is 5.39. The van der Waals surface area contributed by atoms with E-state index < -0.39 is 0 Å². The first kappa shape index (κ1) is 20.3. The molecule has 0 spiro atoms. The zero-order valence-electron chi connectivity index (χ0n) is 16.9. The van der Waals surface area contributed by atoms with Gasteiger partial charge in [0.25, 0.3) is 0 Å². The molecule has 1 aliphatic carbocycles. The van der Waals surface area contributed by atoms with Gasteiger partial charge in [0.15, 0.2) is 0 Å². The Bertz CT molecular complexity index is 686. The molecule has 0 saturated heterocycles. The molecule has 0 aromatic heterocycles. The standard InChI is InChI=1S/C25H35N/c1-6-8-23-16-20(5)9-11-22(23)12-13-24-17-21(18-26-15-7-2)10-14-25(24)19(3)4/h8,10,14-15,17,19,22,26H,2,5-6,9,11-13,16,18H2,1,3-4H3/b23-8-. The largest absolute Gasteiger partial charge is 0.381 e. The van der Waals surface area contributed by atoms with Crippen LogP contribution in [0.4, 0.5) is 0 Å². The average molecular weight is 350 g/mol. The van der Waals surface area contributed by atoms with Gasteiger partial charge in [0.2, 0.25) is 0 Å². The first-order valence-electron chi connectivity index (χ1n) is 10.1. The van der Waals surface area contributed by atoms with Gasteiger partial charge in [-0.2, -0.15) is 0 Å². The zero-order valence-corrected chi connectivity index (χ0v) is 16.9. The van der Waals surface area contributed by atoms with E-state index in [-0.39, 0.29) is 0 Å². The Balaban J connectivity index is 2.12. The number of aryl methyl sites for hydroxylation is 1. The molecule has 0 aliphatic heterocycles. The lowest BCUT2D eigenvalue weighted by atomic mass is 9.78. The maximum Gasteiger partial charge on any atom is 0.0401 e. The summed E-state index contributed by atoms with van der Waals surface area (Å²) in [6.07, 6.45) is 11.4. The molecule has 1 aliphatic rings. The summed E-state index contributed by atoms with van der Waals surface area (Å²) in [6, 6.07) is 6.96. The average Bonchev–Trinajstić information content (AvgIpc) is 2.61. The smallest absolute Gasteiger partial charge is 0.0401 e. The van der Waals surface area contributed by atoms with Crippen LogP contribution in [0.1, 0.15) is 75.5 Å². The van der Waals surface area contributed by atoms with Gasteiger partial charge in [-0.3, -0.25) is 0 Å². The SMILES string of the molecule is C=C=CNCc1ccc(C(C)C)c(CCC2CCC(=C)C/C2=C/CC)c1. The van der Waals surface area contributed by atoms with Crippen molar-refractivity contribution in [1.29, 1.82) is 0 Å². The summed E-state index contributed by atoms with van der Waals surface area (Å²) in [6.45, 7) is 15.5. The van der Waals surface area contributed by atoms with Crippen LogP contribution >= 0.6 is 0 Å². The van der Waals surface area contributed by atoms with E-state index in [1.54, 1.807) is 11.8 Å². The summed E-state index contributed by atoms with van der Waals surface area (Å²) in [4.78, 5) is 0. The van der Waals surface area contributed by atoms with Gasteiger partial charge < -0.3 is 5.32 Å². The van der Waals surface area contributed by atoms with Gasteiger partial charge in [0, 0.05) is 12.7 Å². The molecule has 1 saturated carbocycles. The molecule has 1 atom stereocenters.